The van der Waals surface area contributed by atoms with Crippen LogP contribution in [-0.4, -0.2) is 26.4 Å². The zero-order valence-corrected chi connectivity index (χ0v) is 20.9. The van der Waals surface area contributed by atoms with Gasteiger partial charge in [-0.1, -0.05) is 68.4 Å². The van der Waals surface area contributed by atoms with Crippen molar-refractivity contribution in [3.05, 3.63) is 77.6 Å². The van der Waals surface area contributed by atoms with Gasteiger partial charge in [0, 0.05) is 17.3 Å². The molecule has 0 radical (unpaired) electrons. The molecule has 174 valence electrons. The Morgan fingerprint density at radius 3 is 2.61 bits per heavy atom. The van der Waals surface area contributed by atoms with Gasteiger partial charge in [-0.15, -0.1) is 16.8 Å². The maximum Gasteiger partial charge on any atom is 0.234 e. The van der Waals surface area contributed by atoms with Gasteiger partial charge in [-0.25, -0.2) is 0 Å². The van der Waals surface area contributed by atoms with Crippen LogP contribution in [0.1, 0.15) is 45.2 Å². The lowest BCUT2D eigenvalue weighted by atomic mass is 9.87. The van der Waals surface area contributed by atoms with Crippen molar-refractivity contribution in [1.29, 1.82) is 0 Å². The van der Waals surface area contributed by atoms with E-state index in [2.05, 4.69) is 55.0 Å². The quantitative estimate of drug-likeness (QED) is 0.285. The first-order valence-electron chi connectivity index (χ1n) is 10.7. The minimum atomic E-state index is -0.326. The van der Waals surface area contributed by atoms with E-state index < -0.39 is 0 Å². The summed E-state index contributed by atoms with van der Waals surface area (Å²) in [6, 6.07) is 15.1. The van der Waals surface area contributed by atoms with Gasteiger partial charge in [0.2, 0.25) is 5.91 Å². The number of carbonyl (C=O) groups excluding carboxylic acids is 1. The number of amides is 1. The molecule has 1 amide bonds. The van der Waals surface area contributed by atoms with E-state index in [0.717, 1.165) is 5.75 Å². The summed E-state index contributed by atoms with van der Waals surface area (Å²) in [5.41, 5.74) is 1.98. The number of thioether (sulfide) groups is 1. The fraction of sp³-hybridized carbons (Fsp3) is 0.320. The van der Waals surface area contributed by atoms with Crippen molar-refractivity contribution in [2.24, 2.45) is 0 Å². The molecule has 1 N–H and O–H groups in total. The summed E-state index contributed by atoms with van der Waals surface area (Å²) >= 11 is 7.28. The van der Waals surface area contributed by atoms with Gasteiger partial charge in [-0.05, 0) is 48.2 Å². The summed E-state index contributed by atoms with van der Waals surface area (Å²) in [6.45, 7) is 12.8. The molecule has 0 aliphatic carbocycles. The third kappa shape index (κ3) is 6.85. The number of nitrogens with zero attached hydrogens (tertiary/aromatic N) is 3. The SMILES string of the molecule is C=CCn1c(SCC(=O)Nc2cccc(Cl)c2)nnc1C(C)Oc1ccc(C(C)(C)C)cc1. The average Bonchev–Trinajstić information content (AvgIpc) is 3.15. The zero-order valence-electron chi connectivity index (χ0n) is 19.3. The first-order valence-corrected chi connectivity index (χ1v) is 12.0. The smallest absolute Gasteiger partial charge is 0.234 e. The van der Waals surface area contributed by atoms with E-state index in [9.17, 15) is 4.79 Å². The number of nitrogens with one attached hydrogen (secondary N) is 1. The van der Waals surface area contributed by atoms with Crippen LogP contribution in [-0.2, 0) is 16.8 Å². The van der Waals surface area contributed by atoms with Crippen LogP contribution in [0.25, 0.3) is 0 Å². The molecule has 1 atom stereocenters. The molecule has 33 heavy (non-hydrogen) atoms. The number of halogens is 1. The minimum Gasteiger partial charge on any atom is -0.483 e. The summed E-state index contributed by atoms with van der Waals surface area (Å²) < 4.78 is 8.04. The molecule has 1 unspecified atom stereocenters. The second-order valence-electron chi connectivity index (χ2n) is 8.62. The van der Waals surface area contributed by atoms with Crippen molar-refractivity contribution in [3.8, 4) is 5.75 Å². The monoisotopic (exact) mass is 484 g/mol. The maximum atomic E-state index is 12.4. The zero-order chi connectivity index (χ0) is 24.0. The summed E-state index contributed by atoms with van der Waals surface area (Å²) in [7, 11) is 0. The predicted molar refractivity (Wildman–Crippen MR) is 135 cm³/mol. The Bertz CT molecular complexity index is 1110. The molecule has 0 saturated heterocycles. The summed E-state index contributed by atoms with van der Waals surface area (Å²) in [4.78, 5) is 12.4. The molecule has 0 saturated carbocycles. The third-order valence-electron chi connectivity index (χ3n) is 4.89. The van der Waals surface area contributed by atoms with Crippen molar-refractivity contribution in [3.63, 3.8) is 0 Å². The number of ether oxygens (including phenoxy) is 1. The van der Waals surface area contributed by atoms with Crippen molar-refractivity contribution >= 4 is 35.0 Å². The van der Waals surface area contributed by atoms with Crippen LogP contribution >= 0.6 is 23.4 Å². The summed E-state index contributed by atoms with van der Waals surface area (Å²) in [5.74, 6) is 1.47. The number of anilines is 1. The van der Waals surface area contributed by atoms with Crippen molar-refractivity contribution in [2.75, 3.05) is 11.1 Å². The fourth-order valence-corrected chi connectivity index (χ4v) is 4.14. The van der Waals surface area contributed by atoms with Crippen molar-refractivity contribution in [1.82, 2.24) is 14.8 Å². The molecule has 3 rings (SSSR count). The molecular weight excluding hydrogens is 456 g/mol. The van der Waals surface area contributed by atoms with Gasteiger partial charge in [0.15, 0.2) is 17.1 Å². The van der Waals surface area contributed by atoms with Gasteiger partial charge in [-0.3, -0.25) is 9.36 Å². The Morgan fingerprint density at radius 1 is 1.24 bits per heavy atom. The van der Waals surface area contributed by atoms with E-state index in [1.54, 1.807) is 30.3 Å². The second-order valence-corrected chi connectivity index (χ2v) is 10.0. The van der Waals surface area contributed by atoms with Crippen molar-refractivity contribution < 1.29 is 9.53 Å². The molecule has 0 aliphatic heterocycles. The minimum absolute atomic E-state index is 0.0828. The number of carbonyl (C=O) groups is 1. The van der Waals surface area contributed by atoms with Crippen LogP contribution in [0.5, 0.6) is 5.75 Å². The van der Waals surface area contributed by atoms with Crippen LogP contribution < -0.4 is 10.1 Å². The van der Waals surface area contributed by atoms with E-state index in [4.69, 9.17) is 16.3 Å². The van der Waals surface area contributed by atoms with Gasteiger partial charge < -0.3 is 10.1 Å². The highest BCUT2D eigenvalue weighted by atomic mass is 35.5. The van der Waals surface area contributed by atoms with Crippen LogP contribution in [0.15, 0.2) is 66.3 Å². The molecule has 2 aromatic carbocycles. The Morgan fingerprint density at radius 2 is 1.97 bits per heavy atom. The fourth-order valence-electron chi connectivity index (χ4n) is 3.19. The van der Waals surface area contributed by atoms with E-state index >= 15 is 0 Å². The van der Waals surface area contributed by atoms with Crippen LogP contribution in [0.4, 0.5) is 5.69 Å². The lowest BCUT2D eigenvalue weighted by molar-refractivity contribution is -0.113. The van der Waals surface area contributed by atoms with Crippen LogP contribution in [0.3, 0.4) is 0 Å². The molecular formula is C25H29ClN4O2S. The molecule has 3 aromatic rings. The van der Waals surface area contributed by atoms with E-state index in [0.29, 0.717) is 28.2 Å². The highest BCUT2D eigenvalue weighted by molar-refractivity contribution is 7.99. The van der Waals surface area contributed by atoms with Crippen molar-refractivity contribution in [2.45, 2.75) is 50.9 Å². The largest absolute Gasteiger partial charge is 0.483 e. The number of aromatic nitrogens is 3. The van der Waals surface area contributed by atoms with Crippen LogP contribution in [0.2, 0.25) is 5.02 Å². The van der Waals surface area contributed by atoms with Gasteiger partial charge in [0.25, 0.3) is 0 Å². The Kier molecular flexibility index (Phi) is 8.21. The normalized spacial score (nSPS) is 12.3. The number of hydrogen-bond donors (Lipinski definition) is 1. The molecule has 0 aliphatic rings. The molecule has 0 spiro atoms. The average molecular weight is 485 g/mol. The number of hydrogen-bond acceptors (Lipinski definition) is 5. The number of allylic oxidation sites excluding steroid dienone is 1. The lowest BCUT2D eigenvalue weighted by Gasteiger charge is -2.20. The summed E-state index contributed by atoms with van der Waals surface area (Å²) in [6.07, 6.45) is 1.45. The first-order chi connectivity index (χ1) is 15.7. The maximum absolute atomic E-state index is 12.4. The third-order valence-corrected chi connectivity index (χ3v) is 6.10. The van der Waals surface area contributed by atoms with Gasteiger partial charge in [0.05, 0.1) is 5.75 Å². The van der Waals surface area contributed by atoms with E-state index in [1.165, 1.54) is 17.3 Å². The molecule has 0 bridgehead atoms. The number of rotatable bonds is 9. The molecule has 1 heterocycles. The lowest BCUT2D eigenvalue weighted by Crippen LogP contribution is -2.15. The van der Waals surface area contributed by atoms with E-state index in [-0.39, 0.29) is 23.2 Å². The predicted octanol–water partition coefficient (Wildman–Crippen LogP) is 6.29. The Labute approximate surface area is 204 Å². The first kappa shape index (κ1) is 24.9. The highest BCUT2D eigenvalue weighted by Gasteiger charge is 2.20. The standard InChI is InChI=1S/C25H29ClN4O2S/c1-6-14-30-23(17(2)32-21-12-10-18(11-13-21)25(3,4)5)28-29-24(30)33-16-22(31)27-20-9-7-8-19(26)15-20/h6-13,15,17H,1,14,16H2,2-5H3,(H,27,31). The number of benzene rings is 2. The van der Waals surface area contributed by atoms with Crippen LogP contribution in [0, 0.1) is 0 Å². The molecule has 8 heteroatoms. The van der Waals surface area contributed by atoms with Gasteiger partial charge >= 0.3 is 0 Å². The highest BCUT2D eigenvalue weighted by Crippen LogP contribution is 2.28. The van der Waals surface area contributed by atoms with Gasteiger partial charge in [0.1, 0.15) is 5.75 Å². The molecule has 1 aromatic heterocycles. The Balaban J connectivity index is 1.66. The molecule has 0 fully saturated rings. The Hall–Kier alpha value is -2.77. The second kappa shape index (κ2) is 10.9. The molecule has 6 nitrogen and oxygen atoms in total. The van der Waals surface area contributed by atoms with Gasteiger partial charge in [-0.2, -0.15) is 0 Å². The topological polar surface area (TPSA) is 69.0 Å². The summed E-state index contributed by atoms with van der Waals surface area (Å²) in [5, 5.41) is 12.6. The van der Waals surface area contributed by atoms with E-state index in [1.807, 2.05) is 23.6 Å².